The number of thioether (sulfide) groups is 1. The lowest BCUT2D eigenvalue weighted by Gasteiger charge is -2.19. The summed E-state index contributed by atoms with van der Waals surface area (Å²) < 4.78 is 16.0. The number of benzene rings is 3. The molecule has 0 atom stereocenters. The van der Waals surface area contributed by atoms with Crippen LogP contribution < -0.4 is 0 Å². The molecule has 1 aliphatic rings. The first-order chi connectivity index (χ1) is 16.9. The molecule has 5 rings (SSSR count). The second-order valence-electron chi connectivity index (χ2n) is 8.84. The summed E-state index contributed by atoms with van der Waals surface area (Å²) in [6.45, 7) is 6.60. The Morgan fingerprint density at radius 3 is 2.49 bits per heavy atom. The lowest BCUT2D eigenvalue weighted by atomic mass is 10.1. The molecular weight excluding hydrogens is 457 g/mol. The first kappa shape index (κ1) is 23.1. The Balaban J connectivity index is 1.58. The molecule has 1 saturated heterocycles. The highest BCUT2D eigenvalue weighted by atomic mass is 32.2. The maximum absolute atomic E-state index is 13.8. The molecule has 3 aromatic carbocycles. The van der Waals surface area contributed by atoms with E-state index in [-0.39, 0.29) is 17.8 Å². The normalized spacial score (nSPS) is 16.4. The van der Waals surface area contributed by atoms with Crippen molar-refractivity contribution in [2.24, 2.45) is 4.99 Å². The molecule has 0 saturated carbocycles. The molecule has 6 heteroatoms. The number of amides is 1. The van der Waals surface area contributed by atoms with Crippen LogP contribution in [0.3, 0.4) is 0 Å². The number of aromatic nitrogens is 1. The molecule has 0 N–H and O–H groups in total. The van der Waals surface area contributed by atoms with Gasteiger partial charge >= 0.3 is 0 Å². The second kappa shape index (κ2) is 9.55. The van der Waals surface area contributed by atoms with Gasteiger partial charge in [0.05, 0.1) is 10.6 Å². The molecule has 35 heavy (non-hydrogen) atoms. The van der Waals surface area contributed by atoms with E-state index in [1.54, 1.807) is 17.0 Å². The number of nitrogens with zero attached hydrogens (tertiary/aromatic N) is 3. The van der Waals surface area contributed by atoms with Crippen LogP contribution in [0.5, 0.6) is 0 Å². The van der Waals surface area contributed by atoms with Crippen molar-refractivity contribution < 1.29 is 9.18 Å². The number of rotatable bonds is 5. The number of fused-ring (bicyclic) bond motifs is 1. The Morgan fingerprint density at radius 2 is 1.74 bits per heavy atom. The second-order valence-corrected chi connectivity index (χ2v) is 9.85. The van der Waals surface area contributed by atoms with Crippen molar-refractivity contribution in [1.29, 1.82) is 0 Å². The van der Waals surface area contributed by atoms with Crippen LogP contribution in [0.1, 0.15) is 30.7 Å². The summed E-state index contributed by atoms with van der Waals surface area (Å²) in [4.78, 5) is 20.6. The number of carbonyl (C=O) groups is 1. The van der Waals surface area contributed by atoms with Gasteiger partial charge in [0.25, 0.3) is 5.91 Å². The molecular formula is C29H26FN3OS. The molecule has 0 radical (unpaired) electrons. The lowest BCUT2D eigenvalue weighted by molar-refractivity contribution is -0.123. The Morgan fingerprint density at radius 1 is 1.00 bits per heavy atom. The van der Waals surface area contributed by atoms with Gasteiger partial charge in [-0.3, -0.25) is 9.69 Å². The smallest absolute Gasteiger partial charge is 0.266 e. The third-order valence-corrected chi connectivity index (χ3v) is 7.10. The first-order valence-corrected chi connectivity index (χ1v) is 12.4. The number of aliphatic imine (C=N–C) groups is 1. The van der Waals surface area contributed by atoms with Crippen LogP contribution in [0.25, 0.3) is 17.0 Å². The summed E-state index contributed by atoms with van der Waals surface area (Å²) in [7, 11) is 0. The van der Waals surface area contributed by atoms with Crippen LogP contribution in [0.2, 0.25) is 0 Å². The third-order valence-electron chi connectivity index (χ3n) is 6.12. The summed E-state index contributed by atoms with van der Waals surface area (Å²) in [5.41, 5.74) is 4.79. The summed E-state index contributed by atoms with van der Waals surface area (Å²) in [6, 6.07) is 24.5. The molecule has 1 aromatic heterocycles. The first-order valence-electron chi connectivity index (χ1n) is 11.6. The van der Waals surface area contributed by atoms with Gasteiger partial charge in [-0.15, -0.1) is 0 Å². The molecule has 4 nitrogen and oxygen atoms in total. The zero-order valence-electron chi connectivity index (χ0n) is 19.9. The zero-order chi connectivity index (χ0) is 24.5. The van der Waals surface area contributed by atoms with E-state index in [0.29, 0.717) is 16.6 Å². The average molecular weight is 484 g/mol. The quantitative estimate of drug-likeness (QED) is 0.283. The van der Waals surface area contributed by atoms with Crippen molar-refractivity contribution in [2.45, 2.75) is 33.4 Å². The minimum atomic E-state index is -0.245. The molecule has 0 bridgehead atoms. The predicted octanol–water partition coefficient (Wildman–Crippen LogP) is 7.15. The standard InChI is InChI=1S/C29H26FN3OS/c1-19(2)33-28(34)27(35-29(33)31-23-12-5-4-6-13-23)17-25-20(3)32(26-15-8-7-14-24(25)26)18-21-10-9-11-22(30)16-21/h4-17,19H,18H2,1-3H3/b27-17+,31-29?. The molecule has 1 amide bonds. The fraction of sp³-hybridized carbons (Fsp3) is 0.172. The molecule has 1 fully saturated rings. The van der Waals surface area contributed by atoms with Crippen molar-refractivity contribution in [1.82, 2.24) is 9.47 Å². The van der Waals surface area contributed by atoms with E-state index in [2.05, 4.69) is 23.6 Å². The maximum atomic E-state index is 13.8. The number of para-hydroxylation sites is 2. The number of hydrogen-bond donors (Lipinski definition) is 0. The average Bonchev–Trinajstić information content (AvgIpc) is 3.29. The summed E-state index contributed by atoms with van der Waals surface area (Å²) in [6.07, 6.45) is 1.98. The van der Waals surface area contributed by atoms with Crippen molar-refractivity contribution >= 4 is 45.5 Å². The van der Waals surface area contributed by atoms with E-state index in [1.807, 2.05) is 68.5 Å². The molecule has 0 unspecified atom stereocenters. The Kier molecular flexibility index (Phi) is 6.31. The van der Waals surface area contributed by atoms with E-state index in [1.165, 1.54) is 17.8 Å². The fourth-order valence-corrected chi connectivity index (χ4v) is 5.53. The van der Waals surface area contributed by atoms with Crippen LogP contribution >= 0.6 is 11.8 Å². The van der Waals surface area contributed by atoms with Gasteiger partial charge in [-0.1, -0.05) is 48.5 Å². The number of carbonyl (C=O) groups excluding carboxylic acids is 1. The van der Waals surface area contributed by atoms with Crippen LogP contribution in [0.15, 0.2) is 88.8 Å². The number of hydrogen-bond acceptors (Lipinski definition) is 3. The van der Waals surface area contributed by atoms with E-state index in [0.717, 1.165) is 33.4 Å². The molecule has 0 spiro atoms. The van der Waals surface area contributed by atoms with Gasteiger partial charge in [0.15, 0.2) is 5.17 Å². The molecule has 176 valence electrons. The predicted molar refractivity (Wildman–Crippen MR) is 143 cm³/mol. The van der Waals surface area contributed by atoms with Gasteiger partial charge in [0.1, 0.15) is 5.82 Å². The van der Waals surface area contributed by atoms with Gasteiger partial charge < -0.3 is 4.57 Å². The van der Waals surface area contributed by atoms with Gasteiger partial charge in [-0.2, -0.15) is 0 Å². The molecule has 0 aliphatic carbocycles. The fourth-order valence-electron chi connectivity index (χ4n) is 4.43. The van der Waals surface area contributed by atoms with E-state index < -0.39 is 0 Å². The highest BCUT2D eigenvalue weighted by molar-refractivity contribution is 8.18. The molecule has 2 heterocycles. The van der Waals surface area contributed by atoms with Crippen molar-refractivity contribution in [3.05, 3.63) is 106 Å². The summed E-state index contributed by atoms with van der Waals surface area (Å²) in [5, 5.41) is 1.75. The highest BCUT2D eigenvalue weighted by Crippen LogP contribution is 2.38. The zero-order valence-corrected chi connectivity index (χ0v) is 20.7. The Bertz CT molecular complexity index is 1470. The van der Waals surface area contributed by atoms with E-state index in [9.17, 15) is 9.18 Å². The lowest BCUT2D eigenvalue weighted by Crippen LogP contribution is -2.35. The summed E-state index contributed by atoms with van der Waals surface area (Å²) in [5.74, 6) is -0.285. The largest absolute Gasteiger partial charge is 0.340 e. The SMILES string of the molecule is Cc1c(/C=C2/SC(=Nc3ccccc3)N(C(C)C)C2=O)c2ccccc2n1Cc1cccc(F)c1. The van der Waals surface area contributed by atoms with Gasteiger partial charge in [-0.05, 0) is 74.5 Å². The van der Waals surface area contributed by atoms with Gasteiger partial charge in [0, 0.05) is 34.7 Å². The van der Waals surface area contributed by atoms with Crippen LogP contribution in [0, 0.1) is 12.7 Å². The van der Waals surface area contributed by atoms with Crippen molar-refractivity contribution in [3.63, 3.8) is 0 Å². The third kappa shape index (κ3) is 4.54. The van der Waals surface area contributed by atoms with E-state index >= 15 is 0 Å². The van der Waals surface area contributed by atoms with Crippen LogP contribution in [0.4, 0.5) is 10.1 Å². The van der Waals surface area contributed by atoms with Gasteiger partial charge in [0.2, 0.25) is 0 Å². The van der Waals surface area contributed by atoms with Crippen LogP contribution in [-0.4, -0.2) is 26.6 Å². The Hall–Kier alpha value is -3.64. The van der Waals surface area contributed by atoms with E-state index in [4.69, 9.17) is 4.99 Å². The summed E-state index contributed by atoms with van der Waals surface area (Å²) >= 11 is 1.41. The maximum Gasteiger partial charge on any atom is 0.266 e. The van der Waals surface area contributed by atoms with Crippen LogP contribution in [-0.2, 0) is 11.3 Å². The minimum absolute atomic E-state index is 0.0150. The minimum Gasteiger partial charge on any atom is -0.340 e. The van der Waals surface area contributed by atoms with Crippen molar-refractivity contribution in [3.8, 4) is 0 Å². The van der Waals surface area contributed by atoms with Gasteiger partial charge in [-0.25, -0.2) is 9.38 Å². The molecule has 4 aromatic rings. The topological polar surface area (TPSA) is 37.6 Å². The molecule has 1 aliphatic heterocycles. The Labute approximate surface area is 208 Å². The highest BCUT2D eigenvalue weighted by Gasteiger charge is 2.35. The van der Waals surface area contributed by atoms with Crippen molar-refractivity contribution in [2.75, 3.05) is 0 Å². The monoisotopic (exact) mass is 483 g/mol. The number of halogens is 1. The number of amidine groups is 1.